The number of fused-ring (bicyclic) bond motifs is 2. The number of carbonyl (C=O) groups excluding carboxylic acids is 1. The maximum Gasteiger partial charge on any atom is 0.306 e. The van der Waals surface area contributed by atoms with Crippen molar-refractivity contribution in [2.75, 3.05) is 25.5 Å². The molecular formula is C29H34N2O4S. The summed E-state index contributed by atoms with van der Waals surface area (Å²) in [4.78, 5) is 17.9. The lowest BCUT2D eigenvalue weighted by atomic mass is 9.89. The number of aromatic nitrogens is 1. The van der Waals surface area contributed by atoms with Gasteiger partial charge in [-0.1, -0.05) is 37.3 Å². The van der Waals surface area contributed by atoms with Crippen molar-refractivity contribution in [3.05, 3.63) is 88.5 Å². The monoisotopic (exact) mass is 506 g/mol. The molecule has 36 heavy (non-hydrogen) atoms. The first-order valence-corrected chi connectivity index (χ1v) is 13.6. The van der Waals surface area contributed by atoms with Gasteiger partial charge in [-0.3, -0.25) is 9.79 Å². The van der Waals surface area contributed by atoms with Crippen molar-refractivity contribution in [1.29, 1.82) is 0 Å². The van der Waals surface area contributed by atoms with Crippen molar-refractivity contribution in [3.8, 4) is 5.75 Å². The van der Waals surface area contributed by atoms with E-state index in [9.17, 15) is 10.0 Å². The summed E-state index contributed by atoms with van der Waals surface area (Å²) >= 11 is 1.72. The summed E-state index contributed by atoms with van der Waals surface area (Å²) in [6.45, 7) is 5.45. The zero-order valence-electron chi connectivity index (χ0n) is 21.0. The van der Waals surface area contributed by atoms with E-state index in [0.29, 0.717) is 31.7 Å². The van der Waals surface area contributed by atoms with Gasteiger partial charge in [0.05, 0.1) is 19.6 Å². The SMILES string of the molecule is CCOC(=O)CC1Cc2ccc(OCCCN=c3cc(SCC)ccn3O)cc2Cc2ccccc21. The molecule has 1 atom stereocenters. The molecule has 1 aromatic heterocycles. The fraction of sp³-hybridized carbons (Fsp3) is 0.379. The standard InChI is InChI=1S/C29H34N2O4S/c1-3-34-29(32)19-24-16-21-10-11-25(18-23(21)17-22-8-5-6-9-27(22)24)35-15-7-13-30-28-20-26(36-4-2)12-14-31(28)33/h5-6,8-12,14,18,20,24,33H,3-4,7,13,15-17,19H2,1-2H3. The molecule has 0 spiro atoms. The molecule has 190 valence electrons. The van der Waals surface area contributed by atoms with Crippen molar-refractivity contribution in [2.24, 2.45) is 4.99 Å². The van der Waals surface area contributed by atoms with E-state index in [0.717, 1.165) is 40.4 Å². The van der Waals surface area contributed by atoms with Gasteiger partial charge < -0.3 is 14.7 Å². The lowest BCUT2D eigenvalue weighted by Gasteiger charge is -2.17. The number of esters is 1. The lowest BCUT2D eigenvalue weighted by molar-refractivity contribution is -0.143. The molecule has 7 heteroatoms. The number of pyridine rings is 1. The van der Waals surface area contributed by atoms with E-state index >= 15 is 0 Å². The highest BCUT2D eigenvalue weighted by atomic mass is 32.2. The van der Waals surface area contributed by atoms with Gasteiger partial charge >= 0.3 is 5.97 Å². The second-order valence-corrected chi connectivity index (χ2v) is 10.1. The molecule has 1 aliphatic carbocycles. The van der Waals surface area contributed by atoms with Gasteiger partial charge in [-0.05, 0) is 78.0 Å². The Hall–Kier alpha value is -3.19. The van der Waals surface area contributed by atoms with Crippen molar-refractivity contribution in [3.63, 3.8) is 0 Å². The Morgan fingerprint density at radius 3 is 2.81 bits per heavy atom. The number of hydrogen-bond donors (Lipinski definition) is 1. The minimum atomic E-state index is -0.145. The van der Waals surface area contributed by atoms with Crippen LogP contribution in [-0.4, -0.2) is 41.4 Å². The van der Waals surface area contributed by atoms with Crippen molar-refractivity contribution >= 4 is 17.7 Å². The van der Waals surface area contributed by atoms with Gasteiger partial charge in [0.2, 0.25) is 0 Å². The molecule has 1 aliphatic rings. The van der Waals surface area contributed by atoms with Gasteiger partial charge in [-0.15, -0.1) is 11.8 Å². The maximum atomic E-state index is 12.3. The zero-order chi connectivity index (χ0) is 25.3. The number of ether oxygens (including phenoxy) is 2. The molecular weight excluding hydrogens is 472 g/mol. The molecule has 6 nitrogen and oxygen atoms in total. The van der Waals surface area contributed by atoms with Crippen LogP contribution in [0.25, 0.3) is 0 Å². The smallest absolute Gasteiger partial charge is 0.306 e. The Morgan fingerprint density at radius 2 is 1.97 bits per heavy atom. The van der Waals surface area contributed by atoms with Gasteiger partial charge in [0.15, 0.2) is 5.49 Å². The highest BCUT2D eigenvalue weighted by molar-refractivity contribution is 7.99. The number of nitrogens with zero attached hydrogens (tertiary/aromatic N) is 2. The Kier molecular flexibility index (Phi) is 9.11. The molecule has 0 fully saturated rings. The van der Waals surface area contributed by atoms with Crippen molar-refractivity contribution < 1.29 is 19.5 Å². The first-order chi connectivity index (χ1) is 17.6. The molecule has 1 heterocycles. The van der Waals surface area contributed by atoms with Crippen LogP contribution in [0.5, 0.6) is 5.75 Å². The molecule has 0 saturated carbocycles. The average molecular weight is 507 g/mol. The first kappa shape index (κ1) is 25.9. The summed E-state index contributed by atoms with van der Waals surface area (Å²) in [6, 6.07) is 18.4. The summed E-state index contributed by atoms with van der Waals surface area (Å²) in [5.41, 5.74) is 5.52. The Morgan fingerprint density at radius 1 is 1.11 bits per heavy atom. The molecule has 4 rings (SSSR count). The van der Waals surface area contributed by atoms with E-state index in [1.54, 1.807) is 18.0 Å². The maximum absolute atomic E-state index is 12.3. The molecule has 2 aromatic carbocycles. The van der Waals surface area contributed by atoms with Crippen LogP contribution in [0.4, 0.5) is 0 Å². The molecule has 0 aliphatic heterocycles. The van der Waals surface area contributed by atoms with E-state index in [1.807, 2.05) is 31.2 Å². The number of rotatable bonds is 10. The summed E-state index contributed by atoms with van der Waals surface area (Å²) in [6.07, 6.45) is 4.38. The topological polar surface area (TPSA) is 73.0 Å². The lowest BCUT2D eigenvalue weighted by Crippen LogP contribution is -2.18. The zero-order valence-corrected chi connectivity index (χ0v) is 21.8. The second kappa shape index (κ2) is 12.7. The van der Waals surface area contributed by atoms with Gasteiger partial charge in [0, 0.05) is 24.1 Å². The van der Waals surface area contributed by atoms with Crippen LogP contribution >= 0.6 is 11.8 Å². The normalized spacial score (nSPS) is 15.1. The number of benzene rings is 2. The largest absolute Gasteiger partial charge is 0.494 e. The van der Waals surface area contributed by atoms with Gasteiger partial charge in [0.25, 0.3) is 0 Å². The third-order valence-corrected chi connectivity index (χ3v) is 7.16. The number of carbonyl (C=O) groups is 1. The third kappa shape index (κ3) is 6.72. The first-order valence-electron chi connectivity index (χ1n) is 12.6. The van der Waals surface area contributed by atoms with Gasteiger partial charge in [0.1, 0.15) is 5.75 Å². The van der Waals surface area contributed by atoms with E-state index in [-0.39, 0.29) is 11.9 Å². The summed E-state index contributed by atoms with van der Waals surface area (Å²) < 4.78 is 12.3. The second-order valence-electron chi connectivity index (χ2n) is 8.80. The van der Waals surface area contributed by atoms with Crippen LogP contribution in [-0.2, 0) is 22.4 Å². The molecule has 0 saturated heterocycles. The fourth-order valence-electron chi connectivity index (χ4n) is 4.62. The molecule has 0 amide bonds. The predicted octanol–water partition coefficient (Wildman–Crippen LogP) is 5.39. The van der Waals surface area contributed by atoms with E-state index in [2.05, 4.69) is 42.2 Å². The van der Waals surface area contributed by atoms with Crippen molar-refractivity contribution in [1.82, 2.24) is 4.73 Å². The molecule has 1 unspecified atom stereocenters. The predicted molar refractivity (Wildman–Crippen MR) is 142 cm³/mol. The molecule has 0 bridgehead atoms. The van der Waals surface area contributed by atoms with Crippen LogP contribution in [0.2, 0.25) is 0 Å². The summed E-state index contributed by atoms with van der Waals surface area (Å²) in [5, 5.41) is 9.99. The quantitative estimate of drug-likeness (QED) is 0.173. The molecule has 0 radical (unpaired) electrons. The molecule has 3 aromatic rings. The number of thioether (sulfide) groups is 1. The minimum absolute atomic E-state index is 0.110. The highest BCUT2D eigenvalue weighted by Gasteiger charge is 2.24. The minimum Gasteiger partial charge on any atom is -0.494 e. The van der Waals surface area contributed by atoms with E-state index in [1.165, 1.54) is 22.3 Å². The summed E-state index contributed by atoms with van der Waals surface area (Å²) in [7, 11) is 0. The van der Waals surface area contributed by atoms with E-state index < -0.39 is 0 Å². The Bertz CT molecular complexity index is 1250. The Balaban J connectivity index is 1.40. The van der Waals surface area contributed by atoms with E-state index in [4.69, 9.17) is 9.47 Å². The van der Waals surface area contributed by atoms with Crippen LogP contribution < -0.4 is 10.2 Å². The van der Waals surface area contributed by atoms with Crippen LogP contribution in [0, 0.1) is 0 Å². The molecule has 1 N–H and O–H groups in total. The van der Waals surface area contributed by atoms with Crippen LogP contribution in [0.1, 0.15) is 54.9 Å². The summed E-state index contributed by atoms with van der Waals surface area (Å²) in [5.74, 6) is 1.78. The average Bonchev–Trinajstić information content (AvgIpc) is 3.02. The van der Waals surface area contributed by atoms with Crippen LogP contribution in [0.15, 0.2) is 70.7 Å². The van der Waals surface area contributed by atoms with Crippen LogP contribution in [0.3, 0.4) is 0 Å². The van der Waals surface area contributed by atoms with Gasteiger partial charge in [-0.25, -0.2) is 0 Å². The third-order valence-electron chi connectivity index (χ3n) is 6.28. The number of hydrogen-bond acceptors (Lipinski definition) is 6. The van der Waals surface area contributed by atoms with Crippen molar-refractivity contribution in [2.45, 2.75) is 50.3 Å². The highest BCUT2D eigenvalue weighted by Crippen LogP contribution is 2.35. The van der Waals surface area contributed by atoms with Gasteiger partial charge in [-0.2, -0.15) is 4.73 Å². The Labute approximate surface area is 217 Å². The fourth-order valence-corrected chi connectivity index (χ4v) is 5.30.